The molecule has 2 unspecified atom stereocenters. The van der Waals surface area contributed by atoms with Gasteiger partial charge in [0.15, 0.2) is 0 Å². The van der Waals surface area contributed by atoms with Crippen LogP contribution < -0.4 is 0 Å². The SMILES string of the molecule is CC1CC1c1ccc(C(C)(C)N=C=O)o1. The number of hydrogen-bond donors (Lipinski definition) is 0. The average Bonchev–Trinajstić information content (AvgIpc) is 2.70. The molecule has 0 bridgehead atoms. The number of furan rings is 1. The van der Waals surface area contributed by atoms with Gasteiger partial charge < -0.3 is 4.42 Å². The van der Waals surface area contributed by atoms with Crippen LogP contribution in [0.4, 0.5) is 0 Å². The Bertz CT molecular complexity index is 413. The smallest absolute Gasteiger partial charge is 0.235 e. The first-order chi connectivity index (χ1) is 7.04. The largest absolute Gasteiger partial charge is 0.463 e. The highest BCUT2D eigenvalue weighted by atomic mass is 16.3. The molecule has 1 heterocycles. The van der Waals surface area contributed by atoms with Gasteiger partial charge in [0.2, 0.25) is 6.08 Å². The second-order valence-electron chi connectivity index (χ2n) is 4.78. The molecule has 2 rings (SSSR count). The number of rotatable bonds is 3. The van der Waals surface area contributed by atoms with Crippen LogP contribution in [0.1, 0.15) is 44.6 Å². The molecule has 1 fully saturated rings. The van der Waals surface area contributed by atoms with Crippen molar-refractivity contribution in [3.05, 3.63) is 23.7 Å². The highest BCUT2D eigenvalue weighted by Crippen LogP contribution is 2.48. The van der Waals surface area contributed by atoms with Gasteiger partial charge in [-0.05, 0) is 38.3 Å². The summed E-state index contributed by atoms with van der Waals surface area (Å²) in [5.41, 5.74) is -0.599. The van der Waals surface area contributed by atoms with E-state index in [1.54, 1.807) is 6.08 Å². The van der Waals surface area contributed by atoms with E-state index in [1.807, 2.05) is 26.0 Å². The lowest BCUT2D eigenvalue weighted by Gasteiger charge is -2.13. The number of aliphatic imine (C=N–C) groups is 1. The van der Waals surface area contributed by atoms with E-state index in [1.165, 1.54) is 6.42 Å². The van der Waals surface area contributed by atoms with E-state index in [9.17, 15) is 4.79 Å². The summed E-state index contributed by atoms with van der Waals surface area (Å²) in [6, 6.07) is 3.90. The summed E-state index contributed by atoms with van der Waals surface area (Å²) < 4.78 is 5.72. The van der Waals surface area contributed by atoms with Gasteiger partial charge in [0.25, 0.3) is 0 Å². The van der Waals surface area contributed by atoms with Crippen molar-refractivity contribution in [2.45, 2.75) is 38.6 Å². The maximum Gasteiger partial charge on any atom is 0.235 e. The van der Waals surface area contributed by atoms with E-state index in [2.05, 4.69) is 11.9 Å². The van der Waals surface area contributed by atoms with Gasteiger partial charge in [0, 0.05) is 5.92 Å². The van der Waals surface area contributed by atoms with Gasteiger partial charge in [-0.1, -0.05) is 6.92 Å². The second-order valence-corrected chi connectivity index (χ2v) is 4.78. The van der Waals surface area contributed by atoms with Crippen LogP contribution in [0, 0.1) is 5.92 Å². The summed E-state index contributed by atoms with van der Waals surface area (Å²) in [5.74, 6) is 3.04. The fraction of sp³-hybridized carbons (Fsp3) is 0.583. The number of isocyanates is 1. The van der Waals surface area contributed by atoms with Crippen LogP contribution in [-0.4, -0.2) is 6.08 Å². The Morgan fingerprint density at radius 2 is 2.20 bits per heavy atom. The van der Waals surface area contributed by atoms with Gasteiger partial charge in [-0.15, -0.1) is 0 Å². The van der Waals surface area contributed by atoms with Crippen molar-refractivity contribution in [1.29, 1.82) is 0 Å². The second kappa shape index (κ2) is 3.35. The minimum absolute atomic E-state index is 0.565. The Morgan fingerprint density at radius 1 is 1.53 bits per heavy atom. The Balaban J connectivity index is 2.23. The van der Waals surface area contributed by atoms with Crippen molar-refractivity contribution in [3.63, 3.8) is 0 Å². The zero-order chi connectivity index (χ0) is 11.1. The van der Waals surface area contributed by atoms with Crippen molar-refractivity contribution >= 4 is 6.08 Å². The first-order valence-electron chi connectivity index (χ1n) is 5.24. The molecule has 0 spiro atoms. The minimum Gasteiger partial charge on any atom is -0.463 e. The van der Waals surface area contributed by atoms with Crippen molar-refractivity contribution < 1.29 is 9.21 Å². The fourth-order valence-corrected chi connectivity index (χ4v) is 1.77. The summed E-state index contributed by atoms with van der Waals surface area (Å²) >= 11 is 0. The van der Waals surface area contributed by atoms with Crippen LogP contribution in [-0.2, 0) is 10.3 Å². The first kappa shape index (κ1) is 10.2. The minimum atomic E-state index is -0.599. The van der Waals surface area contributed by atoms with E-state index < -0.39 is 5.54 Å². The molecule has 0 radical (unpaired) electrons. The van der Waals surface area contributed by atoms with Gasteiger partial charge in [-0.25, -0.2) is 4.79 Å². The topological polar surface area (TPSA) is 42.6 Å². The third-order valence-corrected chi connectivity index (χ3v) is 3.03. The highest BCUT2D eigenvalue weighted by Gasteiger charge is 2.37. The summed E-state index contributed by atoms with van der Waals surface area (Å²) in [6.07, 6.45) is 2.78. The van der Waals surface area contributed by atoms with Crippen molar-refractivity contribution in [2.75, 3.05) is 0 Å². The maximum absolute atomic E-state index is 10.3. The van der Waals surface area contributed by atoms with E-state index >= 15 is 0 Å². The van der Waals surface area contributed by atoms with Crippen LogP contribution in [0.15, 0.2) is 21.5 Å². The zero-order valence-electron chi connectivity index (χ0n) is 9.28. The Morgan fingerprint density at radius 3 is 2.73 bits per heavy atom. The molecular weight excluding hydrogens is 190 g/mol. The van der Waals surface area contributed by atoms with Crippen LogP contribution in [0.25, 0.3) is 0 Å². The molecule has 1 aliphatic carbocycles. The Kier molecular flexibility index (Phi) is 2.28. The van der Waals surface area contributed by atoms with Crippen LogP contribution in [0.2, 0.25) is 0 Å². The molecule has 0 aromatic carbocycles. The standard InChI is InChI=1S/C12H15NO2/c1-8-6-9(8)10-4-5-11(15-10)12(2,3)13-7-14/h4-5,8-9H,6H2,1-3H3. The molecule has 0 saturated heterocycles. The van der Waals surface area contributed by atoms with Gasteiger partial charge in [-0.2, -0.15) is 4.99 Å². The van der Waals surface area contributed by atoms with Gasteiger partial charge in [0.05, 0.1) is 0 Å². The monoisotopic (exact) mass is 205 g/mol. The zero-order valence-corrected chi connectivity index (χ0v) is 9.28. The molecule has 1 saturated carbocycles. The molecule has 3 heteroatoms. The lowest BCUT2D eigenvalue weighted by atomic mass is 10.0. The lowest BCUT2D eigenvalue weighted by Crippen LogP contribution is -2.11. The van der Waals surface area contributed by atoms with Crippen LogP contribution in [0.3, 0.4) is 0 Å². The summed E-state index contributed by atoms with van der Waals surface area (Å²) in [4.78, 5) is 14.0. The molecule has 1 aromatic rings. The summed E-state index contributed by atoms with van der Waals surface area (Å²) in [5, 5.41) is 0. The van der Waals surface area contributed by atoms with E-state index in [4.69, 9.17) is 4.42 Å². The number of carbonyl (C=O) groups excluding carboxylic acids is 1. The van der Waals surface area contributed by atoms with E-state index in [0.717, 1.165) is 17.4 Å². The molecule has 0 aliphatic heterocycles. The average molecular weight is 205 g/mol. The molecule has 3 nitrogen and oxygen atoms in total. The molecule has 80 valence electrons. The van der Waals surface area contributed by atoms with E-state index in [-0.39, 0.29) is 0 Å². The molecule has 0 amide bonds. The molecule has 15 heavy (non-hydrogen) atoms. The van der Waals surface area contributed by atoms with Crippen molar-refractivity contribution in [1.82, 2.24) is 0 Å². The van der Waals surface area contributed by atoms with Crippen molar-refractivity contribution in [3.8, 4) is 0 Å². The summed E-state index contributed by atoms with van der Waals surface area (Å²) in [7, 11) is 0. The van der Waals surface area contributed by atoms with Gasteiger partial charge in [0.1, 0.15) is 17.1 Å². The molecule has 1 aliphatic rings. The first-order valence-corrected chi connectivity index (χ1v) is 5.24. The van der Waals surface area contributed by atoms with E-state index in [0.29, 0.717) is 5.92 Å². The Labute approximate surface area is 89.2 Å². The van der Waals surface area contributed by atoms with Gasteiger partial charge >= 0.3 is 0 Å². The molecule has 1 aromatic heterocycles. The maximum atomic E-state index is 10.3. The third kappa shape index (κ3) is 1.88. The van der Waals surface area contributed by atoms with Crippen LogP contribution in [0.5, 0.6) is 0 Å². The quantitative estimate of drug-likeness (QED) is 0.562. The normalized spacial score (nSPS) is 24.7. The predicted octanol–water partition coefficient (Wildman–Crippen LogP) is 2.97. The summed E-state index contributed by atoms with van der Waals surface area (Å²) in [6.45, 7) is 5.90. The third-order valence-electron chi connectivity index (χ3n) is 3.03. The molecular formula is C12H15NO2. The number of hydrogen-bond acceptors (Lipinski definition) is 3. The highest BCUT2D eigenvalue weighted by molar-refractivity contribution is 5.36. The fourth-order valence-electron chi connectivity index (χ4n) is 1.77. The molecule has 2 atom stereocenters. The van der Waals surface area contributed by atoms with Gasteiger partial charge in [-0.3, -0.25) is 0 Å². The number of nitrogens with zero attached hydrogens (tertiary/aromatic N) is 1. The molecule has 0 N–H and O–H groups in total. The van der Waals surface area contributed by atoms with Crippen LogP contribution >= 0.6 is 0 Å². The van der Waals surface area contributed by atoms with Crippen molar-refractivity contribution in [2.24, 2.45) is 10.9 Å². The Hall–Kier alpha value is -1.34. The lowest BCUT2D eigenvalue weighted by molar-refractivity contribution is 0.373. The predicted molar refractivity (Wildman–Crippen MR) is 56.4 cm³/mol.